The van der Waals surface area contributed by atoms with Crippen LogP contribution in [0.4, 0.5) is 18.9 Å². The molecule has 0 aliphatic rings. The standard InChI is InChI=1S/C21H24F3N3O4/c1-12(27(2)11-13-5-8-16(30-3)17(9-13)31-4)21(29)25-10-18(28)26-15-7-6-14(22)19(23)20(15)24/h5-9,12H,10-11H2,1-4H3,(H,25,29)(H,26,28). The zero-order valence-electron chi connectivity index (χ0n) is 17.6. The first-order chi connectivity index (χ1) is 14.7. The summed E-state index contributed by atoms with van der Waals surface area (Å²) in [6, 6.07) is 6.39. The number of nitrogens with one attached hydrogen (secondary N) is 2. The fourth-order valence-corrected chi connectivity index (χ4v) is 2.74. The SMILES string of the molecule is COc1ccc(CN(C)C(C)C(=O)NCC(=O)Nc2ccc(F)c(F)c2F)cc1OC. The molecule has 2 aromatic carbocycles. The molecule has 0 aliphatic heterocycles. The van der Waals surface area contributed by atoms with Crippen LogP contribution in [0.1, 0.15) is 12.5 Å². The highest BCUT2D eigenvalue weighted by atomic mass is 19.2. The number of carbonyl (C=O) groups excluding carboxylic acids is 2. The highest BCUT2D eigenvalue weighted by molar-refractivity contribution is 5.95. The van der Waals surface area contributed by atoms with Crippen LogP contribution >= 0.6 is 0 Å². The predicted molar refractivity (Wildman–Crippen MR) is 108 cm³/mol. The first-order valence-electron chi connectivity index (χ1n) is 9.30. The molecule has 0 saturated heterocycles. The number of carbonyl (C=O) groups is 2. The summed E-state index contributed by atoms with van der Waals surface area (Å²) >= 11 is 0. The molecule has 0 saturated carbocycles. The number of ether oxygens (including phenoxy) is 2. The molecule has 168 valence electrons. The lowest BCUT2D eigenvalue weighted by Gasteiger charge is -2.24. The van der Waals surface area contributed by atoms with Crippen molar-refractivity contribution in [1.29, 1.82) is 0 Å². The van der Waals surface area contributed by atoms with Crippen LogP contribution < -0.4 is 20.1 Å². The van der Waals surface area contributed by atoms with Crippen molar-refractivity contribution in [3.8, 4) is 11.5 Å². The lowest BCUT2D eigenvalue weighted by atomic mass is 10.1. The molecule has 0 bridgehead atoms. The van der Waals surface area contributed by atoms with E-state index >= 15 is 0 Å². The summed E-state index contributed by atoms with van der Waals surface area (Å²) in [5.74, 6) is -4.64. The number of benzene rings is 2. The van der Waals surface area contributed by atoms with Crippen LogP contribution in [0.2, 0.25) is 0 Å². The van der Waals surface area contributed by atoms with Crippen LogP contribution in [0.3, 0.4) is 0 Å². The molecule has 1 atom stereocenters. The van der Waals surface area contributed by atoms with E-state index in [1.165, 1.54) is 14.2 Å². The Balaban J connectivity index is 1.90. The lowest BCUT2D eigenvalue weighted by molar-refractivity contribution is -0.127. The van der Waals surface area contributed by atoms with Gasteiger partial charge in [0.05, 0.1) is 32.5 Å². The summed E-state index contributed by atoms with van der Waals surface area (Å²) < 4.78 is 50.3. The van der Waals surface area contributed by atoms with E-state index in [-0.39, 0.29) is 0 Å². The van der Waals surface area contributed by atoms with E-state index in [9.17, 15) is 22.8 Å². The number of hydrogen-bond acceptors (Lipinski definition) is 5. The van der Waals surface area contributed by atoms with Crippen LogP contribution in [0.25, 0.3) is 0 Å². The molecule has 2 rings (SSSR count). The summed E-state index contributed by atoms with van der Waals surface area (Å²) in [7, 11) is 4.80. The average molecular weight is 439 g/mol. The molecule has 2 aromatic rings. The number of likely N-dealkylation sites (N-methyl/N-ethyl adjacent to an activating group) is 1. The Labute approximate surface area is 178 Å². The Bertz CT molecular complexity index is 956. The molecule has 0 aromatic heterocycles. The fraction of sp³-hybridized carbons (Fsp3) is 0.333. The van der Waals surface area contributed by atoms with Gasteiger partial charge in [-0.05, 0) is 43.8 Å². The maximum atomic E-state index is 13.6. The van der Waals surface area contributed by atoms with Crippen molar-refractivity contribution in [2.24, 2.45) is 0 Å². The summed E-state index contributed by atoms with van der Waals surface area (Å²) in [5, 5.41) is 4.52. The second kappa shape index (κ2) is 10.7. The smallest absolute Gasteiger partial charge is 0.243 e. The quantitative estimate of drug-likeness (QED) is 0.588. The van der Waals surface area contributed by atoms with Gasteiger partial charge in [0.15, 0.2) is 29.0 Å². The molecule has 0 aliphatic carbocycles. The molecular formula is C21H24F3N3O4. The third kappa shape index (κ3) is 6.11. The number of anilines is 1. The van der Waals surface area contributed by atoms with Gasteiger partial charge in [-0.3, -0.25) is 14.5 Å². The van der Waals surface area contributed by atoms with E-state index in [4.69, 9.17) is 9.47 Å². The van der Waals surface area contributed by atoms with Crippen LogP contribution in [0.15, 0.2) is 30.3 Å². The predicted octanol–water partition coefficient (Wildman–Crippen LogP) is 2.70. The van der Waals surface area contributed by atoms with Gasteiger partial charge in [-0.1, -0.05) is 6.07 Å². The summed E-state index contributed by atoms with van der Waals surface area (Å²) in [4.78, 5) is 26.0. The minimum atomic E-state index is -1.69. The molecular weight excluding hydrogens is 415 g/mol. The second-order valence-electron chi connectivity index (χ2n) is 6.77. The Hall–Kier alpha value is -3.27. The Morgan fingerprint density at radius 2 is 1.71 bits per heavy atom. The van der Waals surface area contributed by atoms with Crippen molar-refractivity contribution in [3.05, 3.63) is 53.3 Å². The largest absolute Gasteiger partial charge is 0.493 e. The highest BCUT2D eigenvalue weighted by Gasteiger charge is 2.20. The fourth-order valence-electron chi connectivity index (χ4n) is 2.74. The van der Waals surface area contributed by atoms with Gasteiger partial charge in [-0.25, -0.2) is 13.2 Å². The third-order valence-electron chi connectivity index (χ3n) is 4.65. The highest BCUT2D eigenvalue weighted by Crippen LogP contribution is 2.28. The van der Waals surface area contributed by atoms with Gasteiger partial charge in [-0.2, -0.15) is 0 Å². The molecule has 1 unspecified atom stereocenters. The first-order valence-corrected chi connectivity index (χ1v) is 9.30. The Kier molecular flexibility index (Phi) is 8.26. The molecule has 0 fully saturated rings. The van der Waals surface area contributed by atoms with Crippen molar-refractivity contribution < 1.29 is 32.2 Å². The van der Waals surface area contributed by atoms with Gasteiger partial charge >= 0.3 is 0 Å². The number of methoxy groups -OCH3 is 2. The van der Waals surface area contributed by atoms with Crippen LogP contribution in [0.5, 0.6) is 11.5 Å². The third-order valence-corrected chi connectivity index (χ3v) is 4.65. The van der Waals surface area contributed by atoms with Gasteiger partial charge in [0.1, 0.15) is 0 Å². The topological polar surface area (TPSA) is 79.9 Å². The molecule has 2 amide bonds. The summed E-state index contributed by atoms with van der Waals surface area (Å²) in [6.07, 6.45) is 0. The minimum absolute atomic E-state index is 0.418. The second-order valence-corrected chi connectivity index (χ2v) is 6.77. The van der Waals surface area contributed by atoms with E-state index in [2.05, 4.69) is 10.6 Å². The van der Waals surface area contributed by atoms with E-state index in [1.54, 1.807) is 31.0 Å². The molecule has 10 heteroatoms. The van der Waals surface area contributed by atoms with Crippen molar-refractivity contribution in [2.75, 3.05) is 33.1 Å². The molecule has 2 N–H and O–H groups in total. The van der Waals surface area contributed by atoms with Crippen LogP contribution in [-0.4, -0.2) is 50.6 Å². The number of halogens is 3. The zero-order chi connectivity index (χ0) is 23.1. The Morgan fingerprint density at radius 1 is 1.03 bits per heavy atom. The summed E-state index contributed by atoms with van der Waals surface area (Å²) in [5.41, 5.74) is 0.364. The van der Waals surface area contributed by atoms with Crippen molar-refractivity contribution >= 4 is 17.5 Å². The maximum absolute atomic E-state index is 13.6. The van der Waals surface area contributed by atoms with E-state index in [1.807, 2.05) is 6.07 Å². The normalized spacial score (nSPS) is 11.7. The van der Waals surface area contributed by atoms with Crippen molar-refractivity contribution in [2.45, 2.75) is 19.5 Å². The number of rotatable bonds is 9. The Morgan fingerprint density at radius 3 is 2.35 bits per heavy atom. The lowest BCUT2D eigenvalue weighted by Crippen LogP contribution is -2.45. The maximum Gasteiger partial charge on any atom is 0.243 e. The van der Waals surface area contributed by atoms with Gasteiger partial charge in [0.2, 0.25) is 11.8 Å². The van der Waals surface area contributed by atoms with Crippen molar-refractivity contribution in [1.82, 2.24) is 10.2 Å². The zero-order valence-corrected chi connectivity index (χ0v) is 17.6. The van der Waals surface area contributed by atoms with E-state index < -0.39 is 47.5 Å². The first kappa shape index (κ1) is 24.0. The van der Waals surface area contributed by atoms with Gasteiger partial charge < -0.3 is 20.1 Å². The molecule has 0 spiro atoms. The van der Waals surface area contributed by atoms with Gasteiger partial charge in [-0.15, -0.1) is 0 Å². The van der Waals surface area contributed by atoms with Gasteiger partial charge in [0, 0.05) is 6.54 Å². The van der Waals surface area contributed by atoms with Crippen LogP contribution in [-0.2, 0) is 16.1 Å². The molecule has 0 radical (unpaired) electrons. The monoisotopic (exact) mass is 439 g/mol. The van der Waals surface area contributed by atoms with E-state index in [0.717, 1.165) is 11.6 Å². The van der Waals surface area contributed by atoms with E-state index in [0.29, 0.717) is 24.1 Å². The average Bonchev–Trinajstić information content (AvgIpc) is 2.77. The molecule has 0 heterocycles. The summed E-state index contributed by atoms with van der Waals surface area (Å²) in [6.45, 7) is 1.61. The molecule has 31 heavy (non-hydrogen) atoms. The number of amides is 2. The minimum Gasteiger partial charge on any atom is -0.493 e. The van der Waals surface area contributed by atoms with Crippen LogP contribution in [0, 0.1) is 17.5 Å². The molecule has 7 nitrogen and oxygen atoms in total. The van der Waals surface area contributed by atoms with Crippen molar-refractivity contribution in [3.63, 3.8) is 0 Å². The van der Waals surface area contributed by atoms with Gasteiger partial charge in [0.25, 0.3) is 0 Å². The number of nitrogens with zero attached hydrogens (tertiary/aromatic N) is 1. The number of hydrogen-bond donors (Lipinski definition) is 2.